The van der Waals surface area contributed by atoms with Crippen LogP contribution in [0.1, 0.15) is 28.9 Å². The van der Waals surface area contributed by atoms with E-state index in [9.17, 15) is 4.79 Å². The molecule has 0 atom stereocenters. The molecule has 2 heterocycles. The Morgan fingerprint density at radius 1 is 1.08 bits per heavy atom. The number of carbonyl (C=O) groups is 1. The lowest BCUT2D eigenvalue weighted by Gasteiger charge is -2.20. The Bertz CT molecular complexity index is 932. The maximum Gasteiger partial charge on any atom is 0.275 e. The summed E-state index contributed by atoms with van der Waals surface area (Å²) in [5, 5.41) is 2.92. The van der Waals surface area contributed by atoms with Crippen LogP contribution < -0.4 is 10.2 Å². The van der Waals surface area contributed by atoms with E-state index in [2.05, 4.69) is 33.2 Å². The van der Waals surface area contributed by atoms with Gasteiger partial charge in [0.15, 0.2) is 0 Å². The first-order valence-electron chi connectivity index (χ1n) is 8.59. The van der Waals surface area contributed by atoms with Crippen molar-refractivity contribution in [3.05, 3.63) is 59.9 Å². The number of para-hydroxylation sites is 2. The monoisotopic (exact) mass is 332 g/mol. The molecule has 0 radical (unpaired) electrons. The molecule has 1 aliphatic heterocycles. The third-order valence-electron chi connectivity index (χ3n) is 4.58. The van der Waals surface area contributed by atoms with Gasteiger partial charge < -0.3 is 10.2 Å². The standard InChI is InChI=1S/C20H20N4O/c1-14-12-15(8-9-19(14)24-10-4-5-11-24)22-20(25)18-13-21-16-6-2-3-7-17(16)23-18/h2-3,6-9,12-13H,4-5,10-11H2,1H3,(H,22,25). The van der Waals surface area contributed by atoms with E-state index in [4.69, 9.17) is 0 Å². The van der Waals surface area contributed by atoms with Crippen molar-refractivity contribution in [1.82, 2.24) is 9.97 Å². The van der Waals surface area contributed by atoms with Gasteiger partial charge in [0, 0.05) is 24.5 Å². The van der Waals surface area contributed by atoms with E-state index in [0.29, 0.717) is 5.69 Å². The molecule has 25 heavy (non-hydrogen) atoms. The topological polar surface area (TPSA) is 58.1 Å². The first-order chi connectivity index (χ1) is 12.2. The number of nitrogens with zero attached hydrogens (tertiary/aromatic N) is 3. The van der Waals surface area contributed by atoms with Gasteiger partial charge in [-0.05, 0) is 55.7 Å². The smallest absolute Gasteiger partial charge is 0.275 e. The molecule has 2 aromatic carbocycles. The maximum atomic E-state index is 12.5. The largest absolute Gasteiger partial charge is 0.371 e. The average Bonchev–Trinajstić information content (AvgIpc) is 3.15. The summed E-state index contributed by atoms with van der Waals surface area (Å²) in [5.74, 6) is -0.244. The first kappa shape index (κ1) is 15.6. The van der Waals surface area contributed by atoms with Crippen molar-refractivity contribution in [1.29, 1.82) is 0 Å². The fourth-order valence-electron chi connectivity index (χ4n) is 3.31. The SMILES string of the molecule is Cc1cc(NC(=O)c2cnc3ccccc3n2)ccc1N1CCCC1. The average molecular weight is 332 g/mol. The normalized spacial score (nSPS) is 14.0. The van der Waals surface area contributed by atoms with Gasteiger partial charge in [0.2, 0.25) is 0 Å². The number of anilines is 2. The lowest BCUT2D eigenvalue weighted by molar-refractivity contribution is 0.102. The molecule has 126 valence electrons. The predicted molar refractivity (Wildman–Crippen MR) is 100 cm³/mol. The summed E-state index contributed by atoms with van der Waals surface area (Å²) < 4.78 is 0. The number of amides is 1. The molecular weight excluding hydrogens is 312 g/mol. The third-order valence-corrected chi connectivity index (χ3v) is 4.58. The fourth-order valence-corrected chi connectivity index (χ4v) is 3.31. The zero-order chi connectivity index (χ0) is 17.2. The van der Waals surface area contributed by atoms with Gasteiger partial charge in [-0.25, -0.2) is 4.98 Å². The molecule has 0 saturated carbocycles. The number of rotatable bonds is 3. The van der Waals surface area contributed by atoms with E-state index >= 15 is 0 Å². The van der Waals surface area contributed by atoms with E-state index in [1.165, 1.54) is 30.3 Å². The second-order valence-corrected chi connectivity index (χ2v) is 6.39. The highest BCUT2D eigenvalue weighted by Gasteiger charge is 2.15. The quantitative estimate of drug-likeness (QED) is 0.793. The van der Waals surface area contributed by atoms with Crippen LogP contribution in [0.3, 0.4) is 0 Å². The van der Waals surface area contributed by atoms with Crippen molar-refractivity contribution in [2.45, 2.75) is 19.8 Å². The Balaban J connectivity index is 1.54. The van der Waals surface area contributed by atoms with Crippen LogP contribution in [0.25, 0.3) is 11.0 Å². The molecule has 1 aliphatic rings. The molecule has 0 aliphatic carbocycles. The number of aromatic nitrogens is 2. The minimum absolute atomic E-state index is 0.244. The Morgan fingerprint density at radius 2 is 1.84 bits per heavy atom. The lowest BCUT2D eigenvalue weighted by atomic mass is 10.1. The van der Waals surface area contributed by atoms with E-state index in [-0.39, 0.29) is 5.91 Å². The number of nitrogens with one attached hydrogen (secondary N) is 1. The zero-order valence-electron chi connectivity index (χ0n) is 14.2. The molecule has 5 nitrogen and oxygen atoms in total. The number of carbonyl (C=O) groups excluding carboxylic acids is 1. The maximum absolute atomic E-state index is 12.5. The molecule has 1 N–H and O–H groups in total. The summed E-state index contributed by atoms with van der Waals surface area (Å²) in [7, 11) is 0. The van der Waals surface area contributed by atoms with Crippen molar-refractivity contribution in [2.24, 2.45) is 0 Å². The minimum atomic E-state index is -0.244. The molecule has 1 saturated heterocycles. The van der Waals surface area contributed by atoms with Crippen LogP contribution in [0, 0.1) is 6.92 Å². The molecule has 0 bridgehead atoms. The minimum Gasteiger partial charge on any atom is -0.371 e. The van der Waals surface area contributed by atoms with Crippen LogP contribution in [0.5, 0.6) is 0 Å². The summed E-state index contributed by atoms with van der Waals surface area (Å²) in [6.07, 6.45) is 4.01. The number of benzene rings is 2. The van der Waals surface area contributed by atoms with Gasteiger partial charge in [0.25, 0.3) is 5.91 Å². The number of aryl methyl sites for hydroxylation is 1. The Morgan fingerprint density at radius 3 is 2.60 bits per heavy atom. The molecular formula is C20H20N4O. The molecule has 3 aromatic rings. The first-order valence-corrected chi connectivity index (χ1v) is 8.59. The Hall–Kier alpha value is -2.95. The van der Waals surface area contributed by atoms with Crippen LogP contribution in [-0.4, -0.2) is 29.0 Å². The summed E-state index contributed by atoms with van der Waals surface area (Å²) >= 11 is 0. The van der Waals surface area contributed by atoms with Crippen LogP contribution in [-0.2, 0) is 0 Å². The molecule has 1 amide bonds. The molecule has 1 aromatic heterocycles. The number of fused-ring (bicyclic) bond motifs is 1. The zero-order valence-corrected chi connectivity index (χ0v) is 14.2. The van der Waals surface area contributed by atoms with Crippen molar-refractivity contribution in [3.63, 3.8) is 0 Å². The highest BCUT2D eigenvalue weighted by atomic mass is 16.1. The lowest BCUT2D eigenvalue weighted by Crippen LogP contribution is -2.19. The summed E-state index contributed by atoms with van der Waals surface area (Å²) in [4.78, 5) is 23.6. The van der Waals surface area contributed by atoms with Gasteiger partial charge in [-0.15, -0.1) is 0 Å². The predicted octanol–water partition coefficient (Wildman–Crippen LogP) is 3.79. The summed E-state index contributed by atoms with van der Waals surface area (Å²) in [5.41, 5.74) is 5.02. The van der Waals surface area contributed by atoms with E-state index in [0.717, 1.165) is 29.8 Å². The van der Waals surface area contributed by atoms with Crippen molar-refractivity contribution >= 4 is 28.3 Å². The van der Waals surface area contributed by atoms with Crippen molar-refractivity contribution < 1.29 is 4.79 Å². The molecule has 5 heteroatoms. The summed E-state index contributed by atoms with van der Waals surface area (Å²) in [6, 6.07) is 13.6. The van der Waals surface area contributed by atoms with Gasteiger partial charge in [-0.3, -0.25) is 9.78 Å². The molecule has 1 fully saturated rings. The van der Waals surface area contributed by atoms with Crippen LogP contribution in [0.15, 0.2) is 48.7 Å². The second-order valence-electron chi connectivity index (χ2n) is 6.39. The molecule has 4 rings (SSSR count). The van der Waals surface area contributed by atoms with Gasteiger partial charge in [-0.1, -0.05) is 12.1 Å². The highest BCUT2D eigenvalue weighted by Crippen LogP contribution is 2.26. The number of hydrogen-bond acceptors (Lipinski definition) is 4. The molecule has 0 spiro atoms. The van der Waals surface area contributed by atoms with E-state index in [1.807, 2.05) is 36.4 Å². The van der Waals surface area contributed by atoms with Crippen LogP contribution in [0.4, 0.5) is 11.4 Å². The Labute approximate surface area is 146 Å². The van der Waals surface area contributed by atoms with Crippen LogP contribution >= 0.6 is 0 Å². The van der Waals surface area contributed by atoms with Crippen LogP contribution in [0.2, 0.25) is 0 Å². The highest BCUT2D eigenvalue weighted by molar-refractivity contribution is 6.03. The fraction of sp³-hybridized carbons (Fsp3) is 0.250. The van der Waals surface area contributed by atoms with Gasteiger partial charge in [0.05, 0.1) is 17.2 Å². The Kier molecular flexibility index (Phi) is 4.06. The third kappa shape index (κ3) is 3.18. The van der Waals surface area contributed by atoms with Gasteiger partial charge >= 0.3 is 0 Å². The van der Waals surface area contributed by atoms with Gasteiger partial charge in [0.1, 0.15) is 5.69 Å². The van der Waals surface area contributed by atoms with Crippen molar-refractivity contribution in [3.8, 4) is 0 Å². The summed E-state index contributed by atoms with van der Waals surface area (Å²) in [6.45, 7) is 4.30. The van der Waals surface area contributed by atoms with Gasteiger partial charge in [-0.2, -0.15) is 0 Å². The molecule has 0 unspecified atom stereocenters. The van der Waals surface area contributed by atoms with E-state index in [1.54, 1.807) is 0 Å². The number of hydrogen-bond donors (Lipinski definition) is 1. The second kappa shape index (κ2) is 6.51. The van der Waals surface area contributed by atoms with E-state index < -0.39 is 0 Å². The van der Waals surface area contributed by atoms with Crippen molar-refractivity contribution in [2.75, 3.05) is 23.3 Å².